The molecule has 4 N–H and O–H groups in total. The molecule has 21 heavy (non-hydrogen) atoms. The van der Waals surface area contributed by atoms with Gasteiger partial charge in [0, 0.05) is 0 Å². The van der Waals surface area contributed by atoms with E-state index in [1.54, 1.807) is 20.8 Å². The molecule has 7 heteroatoms. The van der Waals surface area contributed by atoms with Crippen molar-refractivity contribution in [2.45, 2.75) is 26.8 Å². The molecule has 0 saturated heterocycles. The lowest BCUT2D eigenvalue weighted by Crippen LogP contribution is -2.49. The van der Waals surface area contributed by atoms with Crippen molar-refractivity contribution in [3.05, 3.63) is 29.3 Å². The van der Waals surface area contributed by atoms with Crippen LogP contribution in [0.2, 0.25) is 0 Å². The van der Waals surface area contributed by atoms with Crippen molar-refractivity contribution in [3.8, 4) is 5.75 Å². The van der Waals surface area contributed by atoms with Crippen LogP contribution in [0.25, 0.3) is 0 Å². The lowest BCUT2D eigenvalue weighted by Gasteiger charge is -2.27. The number of hydrogen-bond donors (Lipinski definition) is 4. The number of carboxylic acid groups (broad SMARTS) is 2. The second kappa shape index (κ2) is 5.82. The summed E-state index contributed by atoms with van der Waals surface area (Å²) in [5, 5.41) is 29.8. The molecule has 0 aromatic heterocycles. The molecular weight excluding hydrogens is 278 g/mol. The number of aromatic hydroxyl groups is 1. The van der Waals surface area contributed by atoms with Gasteiger partial charge in [0.2, 0.25) is 0 Å². The molecular formula is C14H17NO6. The first-order valence-electron chi connectivity index (χ1n) is 6.14. The predicted octanol–water partition coefficient (Wildman–Crippen LogP) is 1.32. The number of aromatic carboxylic acids is 1. The first-order valence-corrected chi connectivity index (χ1v) is 6.14. The quantitative estimate of drug-likeness (QED) is 0.664. The van der Waals surface area contributed by atoms with Crippen LogP contribution in [0.1, 0.15) is 41.5 Å². The highest BCUT2D eigenvalue weighted by Gasteiger charge is 2.33. The fourth-order valence-corrected chi connectivity index (χ4v) is 1.76. The zero-order valence-corrected chi connectivity index (χ0v) is 11.9. The Bertz CT molecular complexity index is 588. The summed E-state index contributed by atoms with van der Waals surface area (Å²) in [6.07, 6.45) is 0. The minimum Gasteiger partial charge on any atom is -0.508 e. The van der Waals surface area contributed by atoms with Crippen molar-refractivity contribution in [3.63, 3.8) is 0 Å². The maximum Gasteiger partial charge on any atom is 0.336 e. The molecule has 0 aliphatic carbocycles. The van der Waals surface area contributed by atoms with E-state index < -0.39 is 34.9 Å². The van der Waals surface area contributed by atoms with Crippen molar-refractivity contribution in [2.24, 2.45) is 5.41 Å². The molecule has 1 aromatic carbocycles. The van der Waals surface area contributed by atoms with E-state index in [2.05, 4.69) is 5.32 Å². The van der Waals surface area contributed by atoms with Crippen LogP contribution in [0.3, 0.4) is 0 Å². The van der Waals surface area contributed by atoms with Crippen LogP contribution in [0.15, 0.2) is 18.2 Å². The third-order valence-electron chi connectivity index (χ3n) is 2.87. The third kappa shape index (κ3) is 3.95. The van der Waals surface area contributed by atoms with Crippen LogP contribution in [-0.2, 0) is 4.79 Å². The fourth-order valence-electron chi connectivity index (χ4n) is 1.76. The van der Waals surface area contributed by atoms with E-state index in [0.29, 0.717) is 0 Å². The smallest absolute Gasteiger partial charge is 0.336 e. The largest absolute Gasteiger partial charge is 0.508 e. The average Bonchev–Trinajstić information content (AvgIpc) is 2.33. The van der Waals surface area contributed by atoms with Gasteiger partial charge in [-0.3, -0.25) is 4.79 Å². The number of carbonyl (C=O) groups excluding carboxylic acids is 1. The molecule has 0 radical (unpaired) electrons. The lowest BCUT2D eigenvalue weighted by molar-refractivity contribution is -0.142. The number of rotatable bonds is 4. The molecule has 114 valence electrons. The summed E-state index contributed by atoms with van der Waals surface area (Å²) >= 11 is 0. The third-order valence-corrected chi connectivity index (χ3v) is 2.87. The van der Waals surface area contributed by atoms with Crippen LogP contribution in [0.4, 0.5) is 0 Å². The van der Waals surface area contributed by atoms with Crippen LogP contribution in [0, 0.1) is 5.41 Å². The molecule has 1 aromatic rings. The van der Waals surface area contributed by atoms with E-state index in [9.17, 15) is 19.5 Å². The number of carboxylic acids is 2. The Kier molecular flexibility index (Phi) is 4.57. The van der Waals surface area contributed by atoms with Gasteiger partial charge in [0.15, 0.2) is 0 Å². The van der Waals surface area contributed by atoms with Crippen molar-refractivity contribution in [2.75, 3.05) is 0 Å². The number of phenols is 1. The standard InChI is InChI=1S/C14H17NO6/c1-14(2,3)10(13(20)21)15-11(17)8-5-4-7(16)6-9(8)12(18)19/h4-6,10,16H,1-3H3,(H,15,17)(H,18,19)(H,20,21)/t10-/m1/s1. The molecule has 0 unspecified atom stereocenters. The van der Waals surface area contributed by atoms with E-state index in [4.69, 9.17) is 10.2 Å². The van der Waals surface area contributed by atoms with Crippen molar-refractivity contribution in [1.29, 1.82) is 0 Å². The SMILES string of the molecule is CC(C)(C)[C@H](NC(=O)c1ccc(O)cc1C(=O)O)C(=O)O. The summed E-state index contributed by atoms with van der Waals surface area (Å²) in [7, 11) is 0. The Morgan fingerprint density at radius 1 is 1.10 bits per heavy atom. The Morgan fingerprint density at radius 2 is 1.67 bits per heavy atom. The number of hydrogen-bond acceptors (Lipinski definition) is 4. The van der Waals surface area contributed by atoms with Crippen LogP contribution in [0.5, 0.6) is 5.75 Å². The Hall–Kier alpha value is -2.57. The highest BCUT2D eigenvalue weighted by Crippen LogP contribution is 2.21. The monoisotopic (exact) mass is 295 g/mol. The summed E-state index contributed by atoms with van der Waals surface area (Å²) in [5.41, 5.74) is -1.36. The summed E-state index contributed by atoms with van der Waals surface area (Å²) in [6, 6.07) is 2.05. The average molecular weight is 295 g/mol. The molecule has 7 nitrogen and oxygen atoms in total. The number of aliphatic carboxylic acids is 1. The van der Waals surface area contributed by atoms with Crippen molar-refractivity contribution < 1.29 is 29.7 Å². The summed E-state index contributed by atoms with van der Waals surface area (Å²) < 4.78 is 0. The summed E-state index contributed by atoms with van der Waals surface area (Å²) in [5.74, 6) is -3.73. The molecule has 1 atom stereocenters. The lowest BCUT2D eigenvalue weighted by atomic mass is 9.86. The maximum absolute atomic E-state index is 12.1. The molecule has 0 aliphatic rings. The predicted molar refractivity (Wildman–Crippen MR) is 73.4 cm³/mol. The molecule has 0 bridgehead atoms. The molecule has 1 rings (SSSR count). The Labute approximate surface area is 121 Å². The topological polar surface area (TPSA) is 124 Å². The normalized spacial score (nSPS) is 12.5. The minimum absolute atomic E-state index is 0.212. The number of phenolic OH excluding ortho intramolecular Hbond substituents is 1. The van der Waals surface area contributed by atoms with E-state index in [-0.39, 0.29) is 11.3 Å². The molecule has 0 spiro atoms. The van der Waals surface area contributed by atoms with E-state index in [1.807, 2.05) is 0 Å². The van der Waals surface area contributed by atoms with Gasteiger partial charge in [-0.25, -0.2) is 9.59 Å². The summed E-state index contributed by atoms with van der Waals surface area (Å²) in [6.45, 7) is 4.92. The van der Waals surface area contributed by atoms with Gasteiger partial charge in [0.05, 0.1) is 11.1 Å². The number of benzene rings is 1. The number of amides is 1. The van der Waals surface area contributed by atoms with Crippen molar-refractivity contribution >= 4 is 17.8 Å². The molecule has 0 aliphatic heterocycles. The van der Waals surface area contributed by atoms with E-state index >= 15 is 0 Å². The van der Waals surface area contributed by atoms with E-state index in [0.717, 1.165) is 18.2 Å². The molecule has 1 amide bonds. The second-order valence-electron chi connectivity index (χ2n) is 5.65. The minimum atomic E-state index is -1.39. The zero-order valence-electron chi connectivity index (χ0n) is 11.9. The molecule has 0 heterocycles. The molecule has 0 saturated carbocycles. The van der Waals surface area contributed by atoms with Gasteiger partial charge in [0.25, 0.3) is 5.91 Å². The van der Waals surface area contributed by atoms with Gasteiger partial charge in [-0.05, 0) is 23.6 Å². The summed E-state index contributed by atoms with van der Waals surface area (Å²) in [4.78, 5) is 34.4. The first-order chi connectivity index (χ1) is 9.54. The van der Waals surface area contributed by atoms with E-state index in [1.165, 1.54) is 0 Å². The Morgan fingerprint density at radius 3 is 2.10 bits per heavy atom. The van der Waals surface area contributed by atoms with Crippen LogP contribution in [-0.4, -0.2) is 39.2 Å². The van der Waals surface area contributed by atoms with Gasteiger partial charge in [-0.15, -0.1) is 0 Å². The zero-order chi connectivity index (χ0) is 16.4. The van der Waals surface area contributed by atoms with Gasteiger partial charge < -0.3 is 20.6 Å². The molecule has 0 fully saturated rings. The van der Waals surface area contributed by atoms with Gasteiger partial charge >= 0.3 is 11.9 Å². The number of nitrogens with one attached hydrogen (secondary N) is 1. The highest BCUT2D eigenvalue weighted by molar-refractivity contribution is 6.06. The van der Waals surface area contributed by atoms with Gasteiger partial charge in [-0.1, -0.05) is 20.8 Å². The maximum atomic E-state index is 12.1. The Balaban J connectivity index is 3.15. The first kappa shape index (κ1) is 16.5. The van der Waals surface area contributed by atoms with Crippen LogP contribution < -0.4 is 5.32 Å². The number of carbonyl (C=O) groups is 3. The second-order valence-corrected chi connectivity index (χ2v) is 5.65. The van der Waals surface area contributed by atoms with Crippen LogP contribution >= 0.6 is 0 Å². The fraction of sp³-hybridized carbons (Fsp3) is 0.357. The van der Waals surface area contributed by atoms with Gasteiger partial charge in [-0.2, -0.15) is 0 Å². The highest BCUT2D eigenvalue weighted by atomic mass is 16.4. The van der Waals surface area contributed by atoms with Gasteiger partial charge in [0.1, 0.15) is 11.8 Å². The van der Waals surface area contributed by atoms with Crippen molar-refractivity contribution in [1.82, 2.24) is 5.32 Å².